The van der Waals surface area contributed by atoms with Gasteiger partial charge in [0, 0.05) is 25.3 Å². The van der Waals surface area contributed by atoms with E-state index in [0.29, 0.717) is 6.54 Å². The predicted octanol–water partition coefficient (Wildman–Crippen LogP) is 1.99. The minimum absolute atomic E-state index is 0.00725. The van der Waals surface area contributed by atoms with E-state index < -0.39 is 18.5 Å². The van der Waals surface area contributed by atoms with Crippen LogP contribution < -0.4 is 0 Å². The zero-order valence-electron chi connectivity index (χ0n) is 12.1. The van der Waals surface area contributed by atoms with Crippen LogP contribution in [0.5, 0.6) is 0 Å². The number of carbonyl (C=O) groups is 1. The van der Waals surface area contributed by atoms with Crippen LogP contribution in [0.2, 0.25) is 0 Å². The van der Waals surface area contributed by atoms with E-state index in [2.05, 4.69) is 0 Å². The van der Waals surface area contributed by atoms with Crippen LogP contribution in [0.3, 0.4) is 0 Å². The Kier molecular flexibility index (Phi) is 4.28. The number of hydrogen-bond donors (Lipinski definition) is 0. The average molecular weight is 296 g/mol. The maximum atomic E-state index is 14.0. The van der Waals surface area contributed by atoms with Crippen molar-refractivity contribution in [3.05, 3.63) is 24.0 Å². The molecule has 114 valence electrons. The number of halogens is 2. The number of rotatable bonds is 1. The number of hydrogen-bond acceptors (Lipinski definition) is 3. The molecule has 1 aliphatic rings. The number of aromatic nitrogens is 1. The van der Waals surface area contributed by atoms with E-state index in [1.165, 1.54) is 12.3 Å². The standard InChI is InChI=1S/C14H18F2N4O/c1-11(2)18-6-7-19(10-14(15,16)9-18)13(21)20-5-3-4-12(20)8-17/h3-5,11H,6-7,9-10H2,1-2H3. The molecule has 0 saturated carbocycles. The quantitative estimate of drug-likeness (QED) is 0.796. The largest absolute Gasteiger partial charge is 0.329 e. The van der Waals surface area contributed by atoms with Crippen molar-refractivity contribution in [3.8, 4) is 6.07 Å². The molecule has 1 amide bonds. The van der Waals surface area contributed by atoms with Gasteiger partial charge >= 0.3 is 6.03 Å². The summed E-state index contributed by atoms with van der Waals surface area (Å²) in [5, 5.41) is 8.93. The van der Waals surface area contributed by atoms with Crippen molar-refractivity contribution >= 4 is 6.03 Å². The minimum atomic E-state index is -2.96. The minimum Gasteiger partial charge on any atom is -0.317 e. The zero-order valence-corrected chi connectivity index (χ0v) is 12.1. The molecule has 0 unspecified atom stereocenters. The molecule has 1 aliphatic heterocycles. The first-order valence-corrected chi connectivity index (χ1v) is 6.82. The number of carbonyl (C=O) groups excluding carboxylic acids is 1. The van der Waals surface area contributed by atoms with E-state index in [4.69, 9.17) is 5.26 Å². The predicted molar refractivity (Wildman–Crippen MR) is 73.2 cm³/mol. The van der Waals surface area contributed by atoms with Crippen LogP contribution >= 0.6 is 0 Å². The second kappa shape index (κ2) is 5.82. The maximum Gasteiger partial charge on any atom is 0.329 e. The molecular weight excluding hydrogens is 278 g/mol. The lowest BCUT2D eigenvalue weighted by Crippen LogP contribution is -2.44. The molecule has 5 nitrogen and oxygen atoms in total. The summed E-state index contributed by atoms with van der Waals surface area (Å²) in [6.45, 7) is 3.34. The Labute approximate surface area is 122 Å². The van der Waals surface area contributed by atoms with Gasteiger partial charge in [0.1, 0.15) is 11.8 Å². The van der Waals surface area contributed by atoms with Crippen molar-refractivity contribution in [2.24, 2.45) is 0 Å². The molecule has 21 heavy (non-hydrogen) atoms. The summed E-state index contributed by atoms with van der Waals surface area (Å²) in [6.07, 6.45) is 1.42. The van der Waals surface area contributed by atoms with Gasteiger partial charge in [0.15, 0.2) is 0 Å². The van der Waals surface area contributed by atoms with Crippen molar-refractivity contribution in [2.75, 3.05) is 26.2 Å². The van der Waals surface area contributed by atoms with Crippen molar-refractivity contribution in [1.29, 1.82) is 5.26 Å². The first-order chi connectivity index (χ1) is 9.84. The molecule has 0 aromatic carbocycles. The fourth-order valence-electron chi connectivity index (χ4n) is 2.43. The SMILES string of the molecule is CC(C)N1CCN(C(=O)n2cccc2C#N)CC(F)(F)C1. The number of alkyl halides is 2. The van der Waals surface area contributed by atoms with Crippen LogP contribution in [0.25, 0.3) is 0 Å². The summed E-state index contributed by atoms with van der Waals surface area (Å²) in [5.41, 5.74) is 0.147. The Bertz CT molecular complexity index is 562. The average Bonchev–Trinajstić information content (AvgIpc) is 2.82. The molecule has 2 rings (SSSR count). The molecule has 0 aliphatic carbocycles. The summed E-state index contributed by atoms with van der Waals surface area (Å²) in [5.74, 6) is -2.96. The first kappa shape index (κ1) is 15.4. The van der Waals surface area contributed by atoms with E-state index in [-0.39, 0.29) is 24.8 Å². The van der Waals surface area contributed by atoms with Gasteiger partial charge in [-0.1, -0.05) is 0 Å². The first-order valence-electron chi connectivity index (χ1n) is 6.82. The lowest BCUT2D eigenvalue weighted by Gasteiger charge is -2.26. The Balaban J connectivity index is 2.20. The Morgan fingerprint density at radius 3 is 2.71 bits per heavy atom. The summed E-state index contributed by atoms with van der Waals surface area (Å²) >= 11 is 0. The van der Waals surface area contributed by atoms with Crippen molar-refractivity contribution < 1.29 is 13.6 Å². The lowest BCUT2D eigenvalue weighted by molar-refractivity contribution is -0.0369. The highest BCUT2D eigenvalue weighted by molar-refractivity contribution is 5.78. The third-order valence-electron chi connectivity index (χ3n) is 3.58. The molecule has 1 aromatic heterocycles. The molecule has 1 saturated heterocycles. The van der Waals surface area contributed by atoms with Crippen LogP contribution in [-0.4, -0.2) is 58.5 Å². The fourth-order valence-corrected chi connectivity index (χ4v) is 2.43. The summed E-state index contributed by atoms with van der Waals surface area (Å²) in [4.78, 5) is 15.1. The smallest absolute Gasteiger partial charge is 0.317 e. The molecule has 1 aromatic rings. The molecule has 0 bridgehead atoms. The van der Waals surface area contributed by atoms with Crippen LogP contribution in [0.1, 0.15) is 19.5 Å². The van der Waals surface area contributed by atoms with Crippen LogP contribution in [0.4, 0.5) is 13.6 Å². The highest BCUT2D eigenvalue weighted by Crippen LogP contribution is 2.22. The van der Waals surface area contributed by atoms with Gasteiger partial charge in [-0.25, -0.2) is 13.6 Å². The monoisotopic (exact) mass is 296 g/mol. The Morgan fingerprint density at radius 1 is 1.38 bits per heavy atom. The number of amides is 1. The Hall–Kier alpha value is -1.94. The molecular formula is C14H18F2N4O. The van der Waals surface area contributed by atoms with Crippen molar-refractivity contribution in [1.82, 2.24) is 14.4 Å². The van der Waals surface area contributed by atoms with E-state index in [1.807, 2.05) is 19.9 Å². The second-order valence-corrected chi connectivity index (χ2v) is 5.50. The topological polar surface area (TPSA) is 52.3 Å². The second-order valence-electron chi connectivity index (χ2n) is 5.50. The third-order valence-corrected chi connectivity index (χ3v) is 3.58. The van der Waals surface area contributed by atoms with E-state index >= 15 is 0 Å². The number of nitriles is 1. The molecule has 0 atom stereocenters. The molecule has 0 N–H and O–H groups in total. The normalized spacial score (nSPS) is 19.3. The molecule has 1 fully saturated rings. The van der Waals surface area contributed by atoms with E-state index in [9.17, 15) is 13.6 Å². The van der Waals surface area contributed by atoms with Crippen LogP contribution in [0.15, 0.2) is 18.3 Å². The zero-order chi connectivity index (χ0) is 15.6. The summed E-state index contributed by atoms with van der Waals surface area (Å²) < 4.78 is 29.1. The summed E-state index contributed by atoms with van der Waals surface area (Å²) in [7, 11) is 0. The van der Waals surface area contributed by atoms with Crippen LogP contribution in [0, 0.1) is 11.3 Å². The third kappa shape index (κ3) is 3.39. The van der Waals surface area contributed by atoms with E-state index in [1.54, 1.807) is 11.0 Å². The van der Waals surface area contributed by atoms with Gasteiger partial charge in [-0.05, 0) is 26.0 Å². The molecule has 2 heterocycles. The van der Waals surface area contributed by atoms with Gasteiger partial charge in [-0.3, -0.25) is 9.47 Å². The highest BCUT2D eigenvalue weighted by Gasteiger charge is 2.39. The molecule has 7 heteroatoms. The lowest BCUT2D eigenvalue weighted by atomic mass is 10.2. The van der Waals surface area contributed by atoms with Gasteiger partial charge in [0.25, 0.3) is 5.92 Å². The summed E-state index contributed by atoms with van der Waals surface area (Å²) in [6, 6.07) is 4.32. The fraction of sp³-hybridized carbons (Fsp3) is 0.571. The molecule has 0 radical (unpaired) electrons. The number of nitrogens with zero attached hydrogens (tertiary/aromatic N) is 4. The van der Waals surface area contributed by atoms with Crippen molar-refractivity contribution in [3.63, 3.8) is 0 Å². The highest BCUT2D eigenvalue weighted by atomic mass is 19.3. The van der Waals surface area contributed by atoms with Gasteiger partial charge < -0.3 is 4.90 Å². The Morgan fingerprint density at radius 2 is 2.10 bits per heavy atom. The maximum absolute atomic E-state index is 14.0. The van der Waals surface area contributed by atoms with Gasteiger partial charge in [-0.2, -0.15) is 5.26 Å². The van der Waals surface area contributed by atoms with Crippen molar-refractivity contribution in [2.45, 2.75) is 25.8 Å². The molecule has 0 spiro atoms. The van der Waals surface area contributed by atoms with Crippen LogP contribution in [-0.2, 0) is 0 Å². The van der Waals surface area contributed by atoms with E-state index in [0.717, 1.165) is 9.47 Å². The van der Waals surface area contributed by atoms with Gasteiger partial charge in [-0.15, -0.1) is 0 Å². The van der Waals surface area contributed by atoms with Gasteiger partial charge in [0.2, 0.25) is 0 Å². The van der Waals surface area contributed by atoms with Gasteiger partial charge in [0.05, 0.1) is 13.1 Å².